The summed E-state index contributed by atoms with van der Waals surface area (Å²) in [5.74, 6) is -1.03. The molecule has 0 saturated carbocycles. The normalized spacial score (nSPS) is 9.76. The van der Waals surface area contributed by atoms with Crippen molar-refractivity contribution in [3.05, 3.63) is 34.1 Å². The van der Waals surface area contributed by atoms with Crippen LogP contribution in [-0.2, 0) is 0 Å². The molecular formula is C12H12BrFN2O. The van der Waals surface area contributed by atoms with E-state index in [1.807, 2.05) is 13.0 Å². The molecule has 0 unspecified atom stereocenters. The van der Waals surface area contributed by atoms with Gasteiger partial charge in [0.1, 0.15) is 12.4 Å². The number of carbonyl (C=O) groups excluding carboxylic acids is 1. The van der Waals surface area contributed by atoms with Gasteiger partial charge in [0, 0.05) is 11.0 Å². The molecule has 0 spiro atoms. The van der Waals surface area contributed by atoms with Gasteiger partial charge in [-0.15, -0.1) is 0 Å². The molecule has 90 valence electrons. The summed E-state index contributed by atoms with van der Waals surface area (Å²) in [6, 6.07) is 6.17. The Kier molecular flexibility index (Phi) is 5.11. The van der Waals surface area contributed by atoms with Crippen LogP contribution in [0.25, 0.3) is 0 Å². The van der Waals surface area contributed by atoms with Crippen molar-refractivity contribution in [2.24, 2.45) is 0 Å². The van der Waals surface area contributed by atoms with Crippen molar-refractivity contribution in [2.75, 3.05) is 13.1 Å². The van der Waals surface area contributed by atoms with Crippen LogP contribution in [0, 0.1) is 17.1 Å². The molecule has 0 bridgehead atoms. The molecule has 0 heterocycles. The second-order valence-electron chi connectivity index (χ2n) is 3.51. The third-order valence-corrected chi connectivity index (χ3v) is 2.70. The molecule has 0 aromatic heterocycles. The first-order valence-electron chi connectivity index (χ1n) is 5.21. The van der Waals surface area contributed by atoms with Crippen LogP contribution in [0.3, 0.4) is 0 Å². The molecule has 0 aliphatic carbocycles. The number of rotatable bonds is 4. The second kappa shape index (κ2) is 6.36. The number of amides is 1. The lowest BCUT2D eigenvalue weighted by Crippen LogP contribution is -2.32. The maximum Gasteiger partial charge on any atom is 0.257 e. The van der Waals surface area contributed by atoms with Gasteiger partial charge in [-0.05, 0) is 24.6 Å². The van der Waals surface area contributed by atoms with Gasteiger partial charge < -0.3 is 4.90 Å². The summed E-state index contributed by atoms with van der Waals surface area (Å²) < 4.78 is 14.2. The Hall–Kier alpha value is -1.41. The summed E-state index contributed by atoms with van der Waals surface area (Å²) in [5, 5.41) is 8.63. The van der Waals surface area contributed by atoms with Crippen LogP contribution >= 0.6 is 15.9 Å². The van der Waals surface area contributed by atoms with Crippen molar-refractivity contribution in [1.82, 2.24) is 4.90 Å². The number of nitriles is 1. The molecule has 5 heteroatoms. The third kappa shape index (κ3) is 3.53. The van der Waals surface area contributed by atoms with Gasteiger partial charge in [0.05, 0.1) is 11.6 Å². The van der Waals surface area contributed by atoms with Crippen LogP contribution in [0.1, 0.15) is 23.7 Å². The number of nitrogens with zero attached hydrogens (tertiary/aromatic N) is 2. The molecular weight excluding hydrogens is 287 g/mol. The molecule has 0 aliphatic rings. The highest BCUT2D eigenvalue weighted by Crippen LogP contribution is 2.17. The van der Waals surface area contributed by atoms with Crippen molar-refractivity contribution in [3.8, 4) is 6.07 Å². The first-order valence-corrected chi connectivity index (χ1v) is 6.00. The van der Waals surface area contributed by atoms with E-state index in [9.17, 15) is 9.18 Å². The zero-order valence-corrected chi connectivity index (χ0v) is 11.0. The van der Waals surface area contributed by atoms with Crippen molar-refractivity contribution in [2.45, 2.75) is 13.3 Å². The zero-order chi connectivity index (χ0) is 12.8. The van der Waals surface area contributed by atoms with Crippen molar-refractivity contribution < 1.29 is 9.18 Å². The van der Waals surface area contributed by atoms with Gasteiger partial charge in [0.25, 0.3) is 5.91 Å². The first kappa shape index (κ1) is 13.7. The van der Waals surface area contributed by atoms with E-state index in [0.717, 1.165) is 6.42 Å². The molecule has 17 heavy (non-hydrogen) atoms. The van der Waals surface area contributed by atoms with Crippen LogP contribution in [0.2, 0.25) is 0 Å². The molecule has 0 fully saturated rings. The molecule has 0 N–H and O–H groups in total. The smallest absolute Gasteiger partial charge is 0.257 e. The maximum atomic E-state index is 13.6. The fraction of sp³-hybridized carbons (Fsp3) is 0.333. The van der Waals surface area contributed by atoms with Gasteiger partial charge in [0.2, 0.25) is 0 Å². The molecule has 0 atom stereocenters. The summed E-state index contributed by atoms with van der Waals surface area (Å²) in [7, 11) is 0. The first-order chi connectivity index (χ1) is 8.10. The van der Waals surface area contributed by atoms with Crippen LogP contribution in [-0.4, -0.2) is 23.9 Å². The number of hydrogen-bond donors (Lipinski definition) is 0. The summed E-state index contributed by atoms with van der Waals surface area (Å²) >= 11 is 3.13. The van der Waals surface area contributed by atoms with E-state index in [1.54, 1.807) is 6.07 Å². The largest absolute Gasteiger partial charge is 0.325 e. The van der Waals surface area contributed by atoms with Gasteiger partial charge in [-0.2, -0.15) is 5.26 Å². The molecule has 1 aromatic carbocycles. The molecule has 1 aromatic rings. The fourth-order valence-corrected chi connectivity index (χ4v) is 1.77. The Morgan fingerprint density at radius 2 is 2.29 bits per heavy atom. The average Bonchev–Trinajstić information content (AvgIpc) is 2.28. The van der Waals surface area contributed by atoms with Crippen LogP contribution in [0.4, 0.5) is 4.39 Å². The van der Waals surface area contributed by atoms with E-state index in [0.29, 0.717) is 11.0 Å². The highest BCUT2D eigenvalue weighted by Gasteiger charge is 2.18. The van der Waals surface area contributed by atoms with E-state index >= 15 is 0 Å². The lowest BCUT2D eigenvalue weighted by atomic mass is 10.2. The molecule has 3 nitrogen and oxygen atoms in total. The highest BCUT2D eigenvalue weighted by molar-refractivity contribution is 9.10. The van der Waals surface area contributed by atoms with E-state index in [-0.39, 0.29) is 12.1 Å². The van der Waals surface area contributed by atoms with Gasteiger partial charge in [0.15, 0.2) is 0 Å². The standard InChI is InChI=1S/C12H12BrFN2O/c1-2-6-16(7-5-15)12(17)10-4-3-9(13)8-11(10)14/h3-4,8H,2,6-7H2,1H3. The predicted octanol–water partition coefficient (Wildman–Crippen LogP) is 2.96. The molecule has 0 aliphatic heterocycles. The monoisotopic (exact) mass is 298 g/mol. The average molecular weight is 299 g/mol. The summed E-state index contributed by atoms with van der Waals surface area (Å²) in [6.07, 6.45) is 0.728. The van der Waals surface area contributed by atoms with Crippen molar-refractivity contribution in [1.29, 1.82) is 5.26 Å². The lowest BCUT2D eigenvalue weighted by Gasteiger charge is -2.18. The van der Waals surface area contributed by atoms with Gasteiger partial charge in [-0.1, -0.05) is 22.9 Å². The summed E-state index contributed by atoms with van der Waals surface area (Å²) in [4.78, 5) is 13.3. The van der Waals surface area contributed by atoms with Crippen molar-refractivity contribution >= 4 is 21.8 Å². The highest BCUT2D eigenvalue weighted by atomic mass is 79.9. The predicted molar refractivity (Wildman–Crippen MR) is 65.9 cm³/mol. The maximum absolute atomic E-state index is 13.6. The number of carbonyl (C=O) groups is 1. The van der Waals surface area contributed by atoms with E-state index < -0.39 is 11.7 Å². The minimum Gasteiger partial charge on any atom is -0.325 e. The van der Waals surface area contributed by atoms with E-state index in [1.165, 1.54) is 17.0 Å². The SMILES string of the molecule is CCCN(CC#N)C(=O)c1ccc(Br)cc1F. The third-order valence-electron chi connectivity index (χ3n) is 2.20. The van der Waals surface area contributed by atoms with Gasteiger partial charge >= 0.3 is 0 Å². The van der Waals surface area contributed by atoms with Crippen LogP contribution in [0.5, 0.6) is 0 Å². The topological polar surface area (TPSA) is 44.1 Å². The van der Waals surface area contributed by atoms with Gasteiger partial charge in [-0.3, -0.25) is 4.79 Å². The van der Waals surface area contributed by atoms with E-state index in [2.05, 4.69) is 15.9 Å². The van der Waals surface area contributed by atoms with Crippen LogP contribution in [0.15, 0.2) is 22.7 Å². The zero-order valence-electron chi connectivity index (χ0n) is 9.41. The summed E-state index contributed by atoms with van der Waals surface area (Å²) in [6.45, 7) is 2.32. The Bertz CT molecular complexity index is 456. The molecule has 1 amide bonds. The Labute approximate surface area is 108 Å². The Balaban J connectivity index is 2.97. The van der Waals surface area contributed by atoms with Crippen molar-refractivity contribution in [3.63, 3.8) is 0 Å². The molecule has 0 radical (unpaired) electrons. The van der Waals surface area contributed by atoms with E-state index in [4.69, 9.17) is 5.26 Å². The number of halogens is 2. The van der Waals surface area contributed by atoms with Crippen LogP contribution < -0.4 is 0 Å². The minimum atomic E-state index is -0.580. The number of hydrogen-bond acceptors (Lipinski definition) is 2. The Morgan fingerprint density at radius 1 is 1.59 bits per heavy atom. The lowest BCUT2D eigenvalue weighted by molar-refractivity contribution is 0.0771. The second-order valence-corrected chi connectivity index (χ2v) is 4.42. The minimum absolute atomic E-state index is 0.00287. The fourth-order valence-electron chi connectivity index (χ4n) is 1.44. The molecule has 0 saturated heterocycles. The quantitative estimate of drug-likeness (QED) is 0.802. The molecule has 1 rings (SSSR count). The van der Waals surface area contributed by atoms with Gasteiger partial charge in [-0.25, -0.2) is 4.39 Å². The summed E-state index contributed by atoms with van der Waals surface area (Å²) in [5.41, 5.74) is -0.00287. The Morgan fingerprint density at radius 3 is 2.82 bits per heavy atom. The number of benzene rings is 1.